The summed E-state index contributed by atoms with van der Waals surface area (Å²) in [6.45, 7) is 6.84. The van der Waals surface area contributed by atoms with Crippen LogP contribution in [0.15, 0.2) is 0 Å². The number of likely N-dealkylation sites (N-methyl/N-ethyl adjacent to an activating group) is 1. The Balaban J connectivity index is 2.33. The van der Waals surface area contributed by atoms with Gasteiger partial charge in [-0.15, -0.1) is 0 Å². The number of carbonyl (C=O) groups excluding carboxylic acids is 1. The fraction of sp³-hybridized carbons (Fsp3) is 0.917. The van der Waals surface area contributed by atoms with Gasteiger partial charge >= 0.3 is 0 Å². The number of nitrogens with one attached hydrogen (secondary N) is 2. The number of carbonyl (C=O) groups is 1. The molecular weight excluding hydrogens is 204 g/mol. The van der Waals surface area contributed by atoms with E-state index >= 15 is 0 Å². The molecular formula is C12H24N2O2. The van der Waals surface area contributed by atoms with Crippen LogP contribution in [-0.4, -0.2) is 38.8 Å². The van der Waals surface area contributed by atoms with E-state index in [-0.39, 0.29) is 11.9 Å². The van der Waals surface area contributed by atoms with Gasteiger partial charge in [0, 0.05) is 20.2 Å². The van der Waals surface area contributed by atoms with Crippen LogP contribution in [0, 0.1) is 11.8 Å². The fourth-order valence-electron chi connectivity index (χ4n) is 1.98. The predicted octanol–water partition coefficient (Wildman–Crippen LogP) is 0.773. The van der Waals surface area contributed by atoms with Crippen LogP contribution in [-0.2, 0) is 9.53 Å². The van der Waals surface area contributed by atoms with Crippen LogP contribution in [0.5, 0.6) is 0 Å². The molecule has 1 aliphatic rings. The fourth-order valence-corrected chi connectivity index (χ4v) is 1.98. The molecule has 1 fully saturated rings. The summed E-state index contributed by atoms with van der Waals surface area (Å²) in [7, 11) is 1.69. The van der Waals surface area contributed by atoms with Gasteiger partial charge in [-0.25, -0.2) is 0 Å². The zero-order chi connectivity index (χ0) is 12.0. The maximum absolute atomic E-state index is 11.6. The van der Waals surface area contributed by atoms with Crippen LogP contribution >= 0.6 is 0 Å². The molecule has 0 saturated carbocycles. The van der Waals surface area contributed by atoms with E-state index in [1.54, 1.807) is 7.05 Å². The first-order valence-electron chi connectivity index (χ1n) is 6.16. The second kappa shape index (κ2) is 6.86. The minimum absolute atomic E-state index is 0.0643. The number of hydrogen-bond acceptors (Lipinski definition) is 3. The van der Waals surface area contributed by atoms with E-state index in [0.29, 0.717) is 11.8 Å². The Morgan fingerprint density at radius 1 is 1.50 bits per heavy atom. The topological polar surface area (TPSA) is 50.4 Å². The highest BCUT2D eigenvalue weighted by Crippen LogP contribution is 2.12. The molecule has 0 spiro atoms. The quantitative estimate of drug-likeness (QED) is 0.706. The summed E-state index contributed by atoms with van der Waals surface area (Å²) in [5.74, 6) is 1.18. The molecule has 0 bridgehead atoms. The van der Waals surface area contributed by atoms with Gasteiger partial charge in [-0.05, 0) is 24.7 Å². The number of amides is 1. The largest absolute Gasteiger partial charge is 0.381 e. The predicted molar refractivity (Wildman–Crippen MR) is 64.2 cm³/mol. The van der Waals surface area contributed by atoms with Crippen molar-refractivity contribution in [3.8, 4) is 0 Å². The summed E-state index contributed by atoms with van der Waals surface area (Å²) in [4.78, 5) is 11.6. The zero-order valence-electron chi connectivity index (χ0n) is 10.6. The molecule has 4 heteroatoms. The molecule has 94 valence electrons. The van der Waals surface area contributed by atoms with Crippen molar-refractivity contribution in [2.45, 2.75) is 32.7 Å². The molecule has 16 heavy (non-hydrogen) atoms. The van der Waals surface area contributed by atoms with E-state index in [1.165, 1.54) is 0 Å². The van der Waals surface area contributed by atoms with Gasteiger partial charge in [0.2, 0.25) is 5.91 Å². The van der Waals surface area contributed by atoms with E-state index in [2.05, 4.69) is 24.5 Å². The number of ether oxygens (including phenoxy) is 1. The number of hydrogen-bond donors (Lipinski definition) is 2. The van der Waals surface area contributed by atoms with Gasteiger partial charge < -0.3 is 15.4 Å². The van der Waals surface area contributed by atoms with Crippen molar-refractivity contribution in [1.29, 1.82) is 0 Å². The second-order valence-corrected chi connectivity index (χ2v) is 4.93. The number of rotatable bonds is 6. The van der Waals surface area contributed by atoms with Crippen LogP contribution < -0.4 is 10.6 Å². The molecule has 2 atom stereocenters. The Hall–Kier alpha value is -0.610. The molecule has 0 aromatic rings. The van der Waals surface area contributed by atoms with E-state index in [1.807, 2.05) is 0 Å². The smallest absolute Gasteiger partial charge is 0.236 e. The maximum atomic E-state index is 11.6. The molecule has 0 aliphatic carbocycles. The monoisotopic (exact) mass is 228 g/mol. The summed E-state index contributed by atoms with van der Waals surface area (Å²) < 4.78 is 5.32. The molecule has 1 saturated heterocycles. The van der Waals surface area contributed by atoms with Gasteiger partial charge in [-0.3, -0.25) is 4.79 Å². The van der Waals surface area contributed by atoms with Crippen LogP contribution in [0.1, 0.15) is 26.7 Å². The first kappa shape index (κ1) is 13.5. The average molecular weight is 228 g/mol. The van der Waals surface area contributed by atoms with Crippen molar-refractivity contribution in [1.82, 2.24) is 10.6 Å². The van der Waals surface area contributed by atoms with Gasteiger partial charge in [-0.1, -0.05) is 13.8 Å². The molecule has 1 heterocycles. The van der Waals surface area contributed by atoms with Crippen LogP contribution in [0.25, 0.3) is 0 Å². The molecule has 4 nitrogen and oxygen atoms in total. The highest BCUT2D eigenvalue weighted by molar-refractivity contribution is 5.81. The van der Waals surface area contributed by atoms with Crippen molar-refractivity contribution in [2.75, 3.05) is 26.8 Å². The SMILES string of the molecule is CNC(=O)C(CC(C)C)NCC1CCOC1. The molecule has 1 rings (SSSR count). The lowest BCUT2D eigenvalue weighted by Crippen LogP contribution is -2.45. The van der Waals surface area contributed by atoms with Crippen molar-refractivity contribution < 1.29 is 9.53 Å². The Kier molecular flexibility index (Phi) is 5.77. The highest BCUT2D eigenvalue weighted by Gasteiger charge is 2.21. The lowest BCUT2D eigenvalue weighted by Gasteiger charge is -2.20. The van der Waals surface area contributed by atoms with E-state index in [9.17, 15) is 4.79 Å². The van der Waals surface area contributed by atoms with Crippen LogP contribution in [0.4, 0.5) is 0 Å². The lowest BCUT2D eigenvalue weighted by molar-refractivity contribution is -0.123. The van der Waals surface area contributed by atoms with Crippen molar-refractivity contribution >= 4 is 5.91 Å². The van der Waals surface area contributed by atoms with Crippen LogP contribution in [0.2, 0.25) is 0 Å². The van der Waals surface area contributed by atoms with Gasteiger partial charge in [0.25, 0.3) is 0 Å². The standard InChI is InChI=1S/C12H24N2O2/c1-9(2)6-11(12(15)13-3)14-7-10-4-5-16-8-10/h9-11,14H,4-8H2,1-3H3,(H,13,15). The summed E-state index contributed by atoms with van der Waals surface area (Å²) in [6.07, 6.45) is 1.99. The molecule has 0 radical (unpaired) electrons. The molecule has 2 unspecified atom stereocenters. The van der Waals surface area contributed by atoms with Crippen LogP contribution in [0.3, 0.4) is 0 Å². The van der Waals surface area contributed by atoms with E-state index < -0.39 is 0 Å². The van der Waals surface area contributed by atoms with Gasteiger partial charge in [-0.2, -0.15) is 0 Å². The third-order valence-corrected chi connectivity index (χ3v) is 2.95. The first-order valence-corrected chi connectivity index (χ1v) is 6.16. The minimum atomic E-state index is -0.0643. The van der Waals surface area contributed by atoms with Crippen molar-refractivity contribution in [2.24, 2.45) is 11.8 Å². The lowest BCUT2D eigenvalue weighted by atomic mass is 10.0. The van der Waals surface area contributed by atoms with Gasteiger partial charge in [0.15, 0.2) is 0 Å². The molecule has 0 aromatic carbocycles. The first-order chi connectivity index (χ1) is 7.63. The van der Waals surface area contributed by atoms with E-state index in [4.69, 9.17) is 4.74 Å². The summed E-state index contributed by atoms with van der Waals surface area (Å²) >= 11 is 0. The minimum Gasteiger partial charge on any atom is -0.381 e. The Labute approximate surface area is 98.1 Å². The molecule has 1 amide bonds. The van der Waals surface area contributed by atoms with Crippen molar-refractivity contribution in [3.05, 3.63) is 0 Å². The second-order valence-electron chi connectivity index (χ2n) is 4.93. The maximum Gasteiger partial charge on any atom is 0.236 e. The third-order valence-electron chi connectivity index (χ3n) is 2.95. The molecule has 1 aliphatic heterocycles. The normalized spacial score (nSPS) is 22.4. The molecule has 0 aromatic heterocycles. The van der Waals surface area contributed by atoms with E-state index in [0.717, 1.165) is 32.6 Å². The van der Waals surface area contributed by atoms with Crippen molar-refractivity contribution in [3.63, 3.8) is 0 Å². The Morgan fingerprint density at radius 3 is 2.75 bits per heavy atom. The zero-order valence-corrected chi connectivity index (χ0v) is 10.6. The summed E-state index contributed by atoms with van der Waals surface area (Å²) in [5.41, 5.74) is 0. The highest BCUT2D eigenvalue weighted by atomic mass is 16.5. The third kappa shape index (κ3) is 4.49. The van der Waals surface area contributed by atoms with Gasteiger partial charge in [0.05, 0.1) is 12.6 Å². The van der Waals surface area contributed by atoms with Gasteiger partial charge in [0.1, 0.15) is 0 Å². The Bertz CT molecular complexity index is 213. The average Bonchev–Trinajstić information content (AvgIpc) is 2.75. The summed E-state index contributed by atoms with van der Waals surface area (Å²) in [5, 5.41) is 6.06. The summed E-state index contributed by atoms with van der Waals surface area (Å²) in [6, 6.07) is -0.0643. The Morgan fingerprint density at radius 2 is 2.25 bits per heavy atom. The molecule has 2 N–H and O–H groups in total.